The van der Waals surface area contributed by atoms with E-state index in [0.717, 1.165) is 22.0 Å². The third-order valence-corrected chi connectivity index (χ3v) is 6.67. The molecule has 1 aliphatic heterocycles. The number of halogens is 1. The van der Waals surface area contributed by atoms with Crippen LogP contribution in [0.25, 0.3) is 0 Å². The summed E-state index contributed by atoms with van der Waals surface area (Å²) in [4.78, 5) is 15.0. The van der Waals surface area contributed by atoms with Gasteiger partial charge in [-0.05, 0) is 53.8 Å². The van der Waals surface area contributed by atoms with Gasteiger partial charge in [0.2, 0.25) is 0 Å². The molecule has 1 aromatic rings. The van der Waals surface area contributed by atoms with Gasteiger partial charge >= 0.3 is 0 Å². The normalized spacial score (nSPS) is 17.8. The lowest BCUT2D eigenvalue weighted by Crippen LogP contribution is -2.50. The number of likely N-dealkylation sites (tertiary alicyclic amines) is 1. The van der Waals surface area contributed by atoms with Crippen LogP contribution in [0.5, 0.6) is 0 Å². The molecule has 0 aromatic heterocycles. The summed E-state index contributed by atoms with van der Waals surface area (Å²) in [5.41, 5.74) is 6.65. The van der Waals surface area contributed by atoms with Crippen LogP contribution >= 0.6 is 46.6 Å². The summed E-state index contributed by atoms with van der Waals surface area (Å²) in [6.07, 6.45) is 3.70. The summed E-state index contributed by atoms with van der Waals surface area (Å²) in [5, 5.41) is 0. The van der Waals surface area contributed by atoms with Gasteiger partial charge in [0.15, 0.2) is 0 Å². The Hall–Kier alpha value is -0.340. The molecule has 0 radical (unpaired) electrons. The summed E-state index contributed by atoms with van der Waals surface area (Å²) in [6.45, 7) is 1.42. The Labute approximate surface area is 142 Å². The van der Waals surface area contributed by atoms with Gasteiger partial charge in [0.1, 0.15) is 0 Å². The van der Waals surface area contributed by atoms with E-state index >= 15 is 0 Å². The molecule has 0 spiro atoms. The number of hydrogen-bond donors (Lipinski definition) is 1. The molecule has 108 valence electrons. The Balaban J connectivity index is 2.10. The molecule has 1 saturated heterocycles. The third kappa shape index (κ3) is 3.12. The quantitative estimate of drug-likeness (QED) is 0.604. The largest absolute Gasteiger partial charge is 0.392 e. The highest BCUT2D eigenvalue weighted by atomic mass is 127. The van der Waals surface area contributed by atoms with Gasteiger partial charge in [-0.1, -0.05) is 24.4 Å². The lowest BCUT2D eigenvalue weighted by Gasteiger charge is -2.40. The zero-order chi connectivity index (χ0) is 14.8. The number of piperidine rings is 1. The smallest absolute Gasteiger partial charge is 0.254 e. The zero-order valence-corrected chi connectivity index (χ0v) is 15.1. The first-order chi connectivity index (χ1) is 9.50. The number of nitrogens with two attached hydrogens (primary N) is 1. The van der Waals surface area contributed by atoms with Crippen molar-refractivity contribution in [2.75, 3.05) is 19.3 Å². The van der Waals surface area contributed by atoms with E-state index < -0.39 is 0 Å². The maximum absolute atomic E-state index is 12.5. The molecule has 3 nitrogen and oxygen atoms in total. The van der Waals surface area contributed by atoms with Gasteiger partial charge in [-0.25, -0.2) is 0 Å². The molecule has 20 heavy (non-hydrogen) atoms. The second-order valence-corrected chi connectivity index (χ2v) is 7.63. The number of amides is 1. The summed E-state index contributed by atoms with van der Waals surface area (Å²) in [7, 11) is 0. The molecule has 1 aromatic carbocycles. The molecule has 1 heterocycles. The lowest BCUT2D eigenvalue weighted by atomic mass is 9.95. The van der Waals surface area contributed by atoms with E-state index in [1.807, 2.05) is 35.4 Å². The van der Waals surface area contributed by atoms with Crippen molar-refractivity contribution in [1.29, 1.82) is 0 Å². The minimum absolute atomic E-state index is 0.104. The number of benzene rings is 1. The zero-order valence-electron chi connectivity index (χ0n) is 11.3. The van der Waals surface area contributed by atoms with E-state index in [2.05, 4.69) is 22.6 Å². The predicted molar refractivity (Wildman–Crippen MR) is 97.3 cm³/mol. The number of hydrogen-bond acceptors (Lipinski definition) is 3. The van der Waals surface area contributed by atoms with Crippen molar-refractivity contribution in [1.82, 2.24) is 4.90 Å². The number of carbonyl (C=O) groups excluding carboxylic acids is 1. The van der Waals surface area contributed by atoms with Gasteiger partial charge in [-0.3, -0.25) is 4.79 Å². The average molecular weight is 420 g/mol. The molecule has 1 fully saturated rings. The second-order valence-electron chi connectivity index (χ2n) is 4.83. The molecule has 2 N–H and O–H groups in total. The first kappa shape index (κ1) is 16.0. The number of thioether (sulfide) groups is 1. The summed E-state index contributed by atoms with van der Waals surface area (Å²) in [5.74, 6) is 0.104. The molecule has 6 heteroatoms. The minimum atomic E-state index is -0.143. The number of thiocarbonyl (C=S) groups is 1. The molecule has 0 saturated carbocycles. The molecule has 0 atom stereocenters. The van der Waals surface area contributed by atoms with Gasteiger partial charge in [0, 0.05) is 16.7 Å². The van der Waals surface area contributed by atoms with Gasteiger partial charge in [0.05, 0.1) is 15.3 Å². The van der Waals surface area contributed by atoms with E-state index in [4.69, 9.17) is 18.0 Å². The molecule has 0 aliphatic carbocycles. The number of nitrogens with zero attached hydrogens (tertiary/aromatic N) is 1. The van der Waals surface area contributed by atoms with Crippen LogP contribution in [0, 0.1) is 3.57 Å². The monoisotopic (exact) mass is 420 g/mol. The lowest BCUT2D eigenvalue weighted by molar-refractivity contribution is 0.0718. The highest BCUT2D eigenvalue weighted by molar-refractivity contribution is 14.1. The molecule has 1 amide bonds. The van der Waals surface area contributed by atoms with Gasteiger partial charge in [-0.15, -0.1) is 0 Å². The van der Waals surface area contributed by atoms with Crippen molar-refractivity contribution in [3.8, 4) is 0 Å². The van der Waals surface area contributed by atoms with Gasteiger partial charge < -0.3 is 10.6 Å². The maximum atomic E-state index is 12.5. The minimum Gasteiger partial charge on any atom is -0.392 e. The van der Waals surface area contributed by atoms with Crippen molar-refractivity contribution in [3.05, 3.63) is 33.4 Å². The van der Waals surface area contributed by atoms with E-state index in [1.54, 1.807) is 11.8 Å². The summed E-state index contributed by atoms with van der Waals surface area (Å²) in [6, 6.07) is 7.69. The van der Waals surface area contributed by atoms with E-state index in [0.29, 0.717) is 18.1 Å². The summed E-state index contributed by atoms with van der Waals surface area (Å²) < 4.78 is 0.849. The van der Waals surface area contributed by atoms with E-state index in [-0.39, 0.29) is 10.7 Å². The van der Waals surface area contributed by atoms with E-state index in [1.165, 1.54) is 0 Å². The van der Waals surface area contributed by atoms with E-state index in [9.17, 15) is 4.79 Å². The van der Waals surface area contributed by atoms with Gasteiger partial charge in [-0.2, -0.15) is 11.8 Å². The Morgan fingerprint density at radius 3 is 2.50 bits per heavy atom. The Bertz CT molecular complexity index is 528. The summed E-state index contributed by atoms with van der Waals surface area (Å²) >= 11 is 9.11. The number of rotatable bonds is 3. The van der Waals surface area contributed by atoms with Crippen molar-refractivity contribution < 1.29 is 4.79 Å². The molecule has 0 bridgehead atoms. The molecule has 2 rings (SSSR count). The molecule has 1 aliphatic rings. The Morgan fingerprint density at radius 2 is 2.00 bits per heavy atom. The van der Waals surface area contributed by atoms with Crippen molar-refractivity contribution in [2.45, 2.75) is 17.6 Å². The van der Waals surface area contributed by atoms with Gasteiger partial charge in [0.25, 0.3) is 5.91 Å². The van der Waals surface area contributed by atoms with Crippen LogP contribution in [0.15, 0.2) is 24.3 Å². The molecule has 0 unspecified atom stereocenters. The van der Waals surface area contributed by atoms with Crippen molar-refractivity contribution in [2.24, 2.45) is 5.73 Å². The fourth-order valence-electron chi connectivity index (χ4n) is 2.43. The topological polar surface area (TPSA) is 46.3 Å². The van der Waals surface area contributed by atoms with Crippen LogP contribution in [0.4, 0.5) is 0 Å². The number of carbonyl (C=O) groups is 1. The third-order valence-electron chi connectivity index (χ3n) is 3.80. The SMILES string of the molecule is CSC1(C(N)=S)CCN(C(=O)c2ccccc2I)CC1. The Morgan fingerprint density at radius 1 is 1.40 bits per heavy atom. The Kier molecular flexibility index (Phi) is 5.30. The van der Waals surface area contributed by atoms with Crippen LogP contribution in [-0.4, -0.2) is 39.9 Å². The van der Waals surface area contributed by atoms with Crippen molar-refractivity contribution >= 4 is 57.5 Å². The van der Waals surface area contributed by atoms with Crippen LogP contribution < -0.4 is 5.73 Å². The molecular formula is C14H17IN2OS2. The maximum Gasteiger partial charge on any atom is 0.254 e. The van der Waals surface area contributed by atoms with Crippen molar-refractivity contribution in [3.63, 3.8) is 0 Å². The second kappa shape index (κ2) is 6.62. The van der Waals surface area contributed by atoms with Crippen LogP contribution in [0.3, 0.4) is 0 Å². The fraction of sp³-hybridized carbons (Fsp3) is 0.429. The van der Waals surface area contributed by atoms with Crippen LogP contribution in [-0.2, 0) is 0 Å². The fourth-order valence-corrected chi connectivity index (χ4v) is 4.29. The van der Waals surface area contributed by atoms with Crippen LogP contribution in [0.1, 0.15) is 23.2 Å². The average Bonchev–Trinajstić information content (AvgIpc) is 2.47. The first-order valence-electron chi connectivity index (χ1n) is 6.39. The first-order valence-corrected chi connectivity index (χ1v) is 9.10. The molecular weight excluding hydrogens is 403 g/mol. The highest BCUT2D eigenvalue weighted by Crippen LogP contribution is 2.35. The predicted octanol–water partition coefficient (Wildman–Crippen LogP) is 2.92. The highest BCUT2D eigenvalue weighted by Gasteiger charge is 2.38. The van der Waals surface area contributed by atoms with Crippen LogP contribution in [0.2, 0.25) is 0 Å². The standard InChI is InChI=1S/C14H17IN2OS2/c1-20-14(13(16)19)6-8-17(9-7-14)12(18)10-4-2-3-5-11(10)15/h2-5H,6-9H2,1H3,(H2,16,19).